The first-order valence-electron chi connectivity index (χ1n) is 5.48. The Morgan fingerprint density at radius 1 is 1.62 bits per heavy atom. The Hall–Kier alpha value is -1.36. The van der Waals surface area contributed by atoms with Crippen molar-refractivity contribution in [2.75, 3.05) is 13.6 Å². The average Bonchev–Trinajstić information content (AvgIpc) is 2.54. The van der Waals surface area contributed by atoms with Gasteiger partial charge >= 0.3 is 0 Å². The third-order valence-corrected chi connectivity index (χ3v) is 2.50. The predicted octanol–water partition coefficient (Wildman–Crippen LogP) is 0.515. The van der Waals surface area contributed by atoms with Gasteiger partial charge in [0.15, 0.2) is 0 Å². The summed E-state index contributed by atoms with van der Waals surface area (Å²) in [4.78, 5) is 11.5. The molecule has 90 valence electrons. The first kappa shape index (κ1) is 12.7. The number of hydrogen-bond acceptors (Lipinski definition) is 3. The zero-order chi connectivity index (χ0) is 12.1. The number of carbonyl (C=O) groups is 1. The number of amides is 1. The SMILES string of the molecule is CNCCC(=O)NC(C)c1cn(C)nc1C. The molecule has 16 heavy (non-hydrogen) atoms. The van der Waals surface area contributed by atoms with Crippen molar-refractivity contribution in [3.05, 3.63) is 17.5 Å². The fraction of sp³-hybridized carbons (Fsp3) is 0.636. The van der Waals surface area contributed by atoms with Crippen molar-refractivity contribution in [2.45, 2.75) is 26.3 Å². The standard InChI is InChI=1S/C11H20N4O/c1-8(13-11(16)5-6-12-3)10-7-15(4)14-9(10)2/h7-8,12H,5-6H2,1-4H3,(H,13,16). The molecule has 1 atom stereocenters. The molecule has 0 radical (unpaired) electrons. The maximum absolute atomic E-state index is 11.5. The van der Waals surface area contributed by atoms with Gasteiger partial charge in [0.2, 0.25) is 5.91 Å². The van der Waals surface area contributed by atoms with Crippen molar-refractivity contribution in [1.82, 2.24) is 20.4 Å². The quantitative estimate of drug-likeness (QED) is 0.766. The van der Waals surface area contributed by atoms with Gasteiger partial charge in [-0.25, -0.2) is 0 Å². The minimum Gasteiger partial charge on any atom is -0.349 e. The van der Waals surface area contributed by atoms with Gasteiger partial charge in [-0.15, -0.1) is 0 Å². The van der Waals surface area contributed by atoms with Crippen LogP contribution in [0.1, 0.15) is 30.6 Å². The number of hydrogen-bond donors (Lipinski definition) is 2. The Labute approximate surface area is 96.2 Å². The van der Waals surface area contributed by atoms with Crippen LogP contribution in [0.3, 0.4) is 0 Å². The molecule has 1 amide bonds. The summed E-state index contributed by atoms with van der Waals surface area (Å²) in [5, 5.41) is 10.2. The molecule has 1 aromatic rings. The maximum atomic E-state index is 11.5. The summed E-state index contributed by atoms with van der Waals surface area (Å²) in [6, 6.07) is 0.0121. The zero-order valence-corrected chi connectivity index (χ0v) is 10.4. The lowest BCUT2D eigenvalue weighted by Crippen LogP contribution is -2.29. The molecule has 0 saturated carbocycles. The van der Waals surface area contributed by atoms with Crippen molar-refractivity contribution in [3.63, 3.8) is 0 Å². The lowest BCUT2D eigenvalue weighted by atomic mass is 10.1. The maximum Gasteiger partial charge on any atom is 0.221 e. The number of nitrogens with one attached hydrogen (secondary N) is 2. The summed E-state index contributed by atoms with van der Waals surface area (Å²) in [7, 11) is 3.72. The third kappa shape index (κ3) is 3.34. The highest BCUT2D eigenvalue weighted by Crippen LogP contribution is 2.15. The first-order chi connectivity index (χ1) is 7.54. The minimum absolute atomic E-state index is 0.0121. The van der Waals surface area contributed by atoms with Crippen LogP contribution in [-0.4, -0.2) is 29.3 Å². The van der Waals surface area contributed by atoms with Crippen molar-refractivity contribution in [2.24, 2.45) is 7.05 Å². The van der Waals surface area contributed by atoms with E-state index in [-0.39, 0.29) is 11.9 Å². The first-order valence-corrected chi connectivity index (χ1v) is 5.48. The largest absolute Gasteiger partial charge is 0.349 e. The highest BCUT2D eigenvalue weighted by Gasteiger charge is 2.13. The van der Waals surface area contributed by atoms with E-state index in [0.717, 1.165) is 11.3 Å². The lowest BCUT2D eigenvalue weighted by molar-refractivity contribution is -0.121. The van der Waals surface area contributed by atoms with Crippen molar-refractivity contribution in [3.8, 4) is 0 Å². The van der Waals surface area contributed by atoms with Gasteiger partial charge in [0.1, 0.15) is 0 Å². The molecular weight excluding hydrogens is 204 g/mol. The molecule has 1 heterocycles. The molecule has 0 aliphatic rings. The molecular formula is C11H20N4O. The van der Waals surface area contributed by atoms with Crippen LogP contribution in [0.4, 0.5) is 0 Å². The van der Waals surface area contributed by atoms with E-state index in [1.165, 1.54) is 0 Å². The van der Waals surface area contributed by atoms with Gasteiger partial charge in [0, 0.05) is 31.8 Å². The fourth-order valence-corrected chi connectivity index (χ4v) is 1.67. The summed E-state index contributed by atoms with van der Waals surface area (Å²) in [5.74, 6) is 0.0603. The second-order valence-corrected chi connectivity index (χ2v) is 3.99. The van der Waals surface area contributed by atoms with E-state index in [9.17, 15) is 4.79 Å². The van der Waals surface area contributed by atoms with Crippen LogP contribution in [0.5, 0.6) is 0 Å². The number of nitrogens with zero attached hydrogens (tertiary/aromatic N) is 2. The Morgan fingerprint density at radius 2 is 2.31 bits per heavy atom. The zero-order valence-electron chi connectivity index (χ0n) is 10.4. The Bertz CT molecular complexity index is 359. The number of rotatable bonds is 5. The van der Waals surface area contributed by atoms with Crippen LogP contribution in [0.25, 0.3) is 0 Å². The van der Waals surface area contributed by atoms with Gasteiger partial charge < -0.3 is 10.6 Å². The molecule has 0 spiro atoms. The van der Waals surface area contributed by atoms with Crippen LogP contribution < -0.4 is 10.6 Å². The van der Waals surface area contributed by atoms with Crippen LogP contribution in [0.2, 0.25) is 0 Å². The molecule has 0 saturated heterocycles. The number of aromatic nitrogens is 2. The summed E-state index contributed by atoms with van der Waals surface area (Å²) in [6.45, 7) is 4.62. The summed E-state index contributed by atoms with van der Waals surface area (Å²) in [6.07, 6.45) is 2.44. The Morgan fingerprint density at radius 3 is 2.81 bits per heavy atom. The van der Waals surface area contributed by atoms with E-state index >= 15 is 0 Å². The smallest absolute Gasteiger partial charge is 0.221 e. The minimum atomic E-state index is 0.0121. The van der Waals surface area contributed by atoms with Gasteiger partial charge in [-0.1, -0.05) is 0 Å². The van der Waals surface area contributed by atoms with E-state index < -0.39 is 0 Å². The molecule has 1 aromatic heterocycles. The monoisotopic (exact) mass is 224 g/mol. The van der Waals surface area contributed by atoms with Crippen LogP contribution >= 0.6 is 0 Å². The van der Waals surface area contributed by atoms with Crippen LogP contribution in [0, 0.1) is 6.92 Å². The number of aryl methyl sites for hydroxylation is 2. The Balaban J connectivity index is 2.55. The molecule has 1 rings (SSSR count). The molecule has 0 fully saturated rings. The third-order valence-electron chi connectivity index (χ3n) is 2.50. The second kappa shape index (κ2) is 5.65. The summed E-state index contributed by atoms with van der Waals surface area (Å²) < 4.78 is 1.76. The fourth-order valence-electron chi connectivity index (χ4n) is 1.67. The molecule has 1 unspecified atom stereocenters. The molecule has 2 N–H and O–H groups in total. The van der Waals surface area contributed by atoms with Crippen LogP contribution in [-0.2, 0) is 11.8 Å². The van der Waals surface area contributed by atoms with Crippen LogP contribution in [0.15, 0.2) is 6.20 Å². The van der Waals surface area contributed by atoms with Crippen molar-refractivity contribution in [1.29, 1.82) is 0 Å². The summed E-state index contributed by atoms with van der Waals surface area (Å²) >= 11 is 0. The predicted molar refractivity (Wildman–Crippen MR) is 63.0 cm³/mol. The van der Waals surface area contributed by atoms with Gasteiger partial charge in [-0.05, 0) is 20.9 Å². The highest BCUT2D eigenvalue weighted by atomic mass is 16.1. The topological polar surface area (TPSA) is 59.0 Å². The highest BCUT2D eigenvalue weighted by molar-refractivity contribution is 5.76. The molecule has 0 aliphatic heterocycles. The normalized spacial score (nSPS) is 12.5. The lowest BCUT2D eigenvalue weighted by Gasteiger charge is -2.12. The van der Waals surface area contributed by atoms with Gasteiger partial charge in [-0.3, -0.25) is 9.48 Å². The van der Waals surface area contributed by atoms with E-state index in [1.807, 2.05) is 34.1 Å². The Kier molecular flexibility index (Phi) is 4.49. The van der Waals surface area contributed by atoms with Gasteiger partial charge in [0.25, 0.3) is 0 Å². The average molecular weight is 224 g/mol. The van der Waals surface area contributed by atoms with Gasteiger partial charge in [0.05, 0.1) is 11.7 Å². The van der Waals surface area contributed by atoms with Crippen molar-refractivity contribution < 1.29 is 4.79 Å². The second-order valence-electron chi connectivity index (χ2n) is 3.99. The molecule has 0 aliphatic carbocycles. The van der Waals surface area contributed by atoms with Crippen molar-refractivity contribution >= 4 is 5.91 Å². The molecule has 0 aromatic carbocycles. The van der Waals surface area contributed by atoms with E-state index in [4.69, 9.17) is 0 Å². The summed E-state index contributed by atoms with van der Waals surface area (Å²) in [5.41, 5.74) is 2.03. The van der Waals surface area contributed by atoms with E-state index in [2.05, 4.69) is 15.7 Å². The van der Waals surface area contributed by atoms with E-state index in [1.54, 1.807) is 4.68 Å². The molecule has 0 bridgehead atoms. The molecule has 5 heteroatoms. The molecule has 5 nitrogen and oxygen atoms in total. The van der Waals surface area contributed by atoms with E-state index in [0.29, 0.717) is 13.0 Å². The van der Waals surface area contributed by atoms with Gasteiger partial charge in [-0.2, -0.15) is 5.10 Å². The number of carbonyl (C=O) groups excluding carboxylic acids is 1.